The monoisotopic (exact) mass is 204 g/mol. The SMILES string of the molecule is COc1cccc2c1CC1CCC(N)N21. The zero-order chi connectivity index (χ0) is 10.4. The molecule has 0 bridgehead atoms. The van der Waals surface area contributed by atoms with Crippen LogP contribution in [-0.2, 0) is 6.42 Å². The Morgan fingerprint density at radius 1 is 1.40 bits per heavy atom. The second kappa shape index (κ2) is 3.14. The largest absolute Gasteiger partial charge is 0.496 e. The lowest BCUT2D eigenvalue weighted by molar-refractivity contribution is 0.410. The maximum Gasteiger partial charge on any atom is 0.124 e. The molecular weight excluding hydrogens is 188 g/mol. The zero-order valence-electron chi connectivity index (χ0n) is 8.94. The highest BCUT2D eigenvalue weighted by atomic mass is 16.5. The van der Waals surface area contributed by atoms with Crippen LogP contribution in [0.15, 0.2) is 18.2 Å². The van der Waals surface area contributed by atoms with Crippen LogP contribution in [0, 0.1) is 0 Å². The summed E-state index contributed by atoms with van der Waals surface area (Å²) in [5.74, 6) is 1.01. The van der Waals surface area contributed by atoms with E-state index in [-0.39, 0.29) is 6.17 Å². The lowest BCUT2D eigenvalue weighted by Crippen LogP contribution is -2.38. The maximum absolute atomic E-state index is 6.11. The Morgan fingerprint density at radius 2 is 2.27 bits per heavy atom. The second-order valence-electron chi connectivity index (χ2n) is 4.37. The Bertz CT molecular complexity index is 391. The number of benzene rings is 1. The van der Waals surface area contributed by atoms with Gasteiger partial charge in [-0.05, 0) is 31.4 Å². The molecule has 0 aliphatic carbocycles. The molecule has 0 spiro atoms. The van der Waals surface area contributed by atoms with E-state index in [2.05, 4.69) is 11.0 Å². The molecule has 2 atom stereocenters. The van der Waals surface area contributed by atoms with E-state index in [1.165, 1.54) is 17.7 Å². The molecule has 2 heterocycles. The smallest absolute Gasteiger partial charge is 0.124 e. The first-order chi connectivity index (χ1) is 7.31. The van der Waals surface area contributed by atoms with E-state index >= 15 is 0 Å². The van der Waals surface area contributed by atoms with Crippen molar-refractivity contribution in [2.75, 3.05) is 12.0 Å². The minimum Gasteiger partial charge on any atom is -0.496 e. The van der Waals surface area contributed by atoms with Crippen LogP contribution in [0.3, 0.4) is 0 Å². The van der Waals surface area contributed by atoms with Crippen molar-refractivity contribution >= 4 is 5.69 Å². The molecule has 80 valence electrons. The second-order valence-corrected chi connectivity index (χ2v) is 4.37. The lowest BCUT2D eigenvalue weighted by Gasteiger charge is -2.24. The number of anilines is 1. The number of hydrogen-bond donors (Lipinski definition) is 1. The van der Waals surface area contributed by atoms with Crippen LogP contribution in [0.25, 0.3) is 0 Å². The van der Waals surface area contributed by atoms with Crippen LogP contribution in [0.4, 0.5) is 5.69 Å². The lowest BCUT2D eigenvalue weighted by atomic mass is 10.1. The molecule has 1 fully saturated rings. The minimum atomic E-state index is 0.198. The summed E-state index contributed by atoms with van der Waals surface area (Å²) in [5, 5.41) is 0. The fourth-order valence-electron chi connectivity index (χ4n) is 2.92. The zero-order valence-corrected chi connectivity index (χ0v) is 8.94. The summed E-state index contributed by atoms with van der Waals surface area (Å²) in [4.78, 5) is 2.36. The van der Waals surface area contributed by atoms with Crippen molar-refractivity contribution in [3.8, 4) is 5.75 Å². The van der Waals surface area contributed by atoms with E-state index in [0.29, 0.717) is 6.04 Å². The fraction of sp³-hybridized carbons (Fsp3) is 0.500. The van der Waals surface area contributed by atoms with Gasteiger partial charge in [0, 0.05) is 17.3 Å². The molecule has 2 unspecified atom stereocenters. The van der Waals surface area contributed by atoms with Gasteiger partial charge in [-0.1, -0.05) is 6.07 Å². The molecule has 1 saturated heterocycles. The quantitative estimate of drug-likeness (QED) is 0.753. The molecule has 3 nitrogen and oxygen atoms in total. The summed E-state index contributed by atoms with van der Waals surface area (Å²) >= 11 is 0. The third-order valence-corrected chi connectivity index (χ3v) is 3.59. The van der Waals surface area contributed by atoms with Gasteiger partial charge in [0.15, 0.2) is 0 Å². The van der Waals surface area contributed by atoms with Crippen molar-refractivity contribution in [1.82, 2.24) is 0 Å². The predicted octanol–water partition coefficient (Wildman–Crippen LogP) is 1.50. The summed E-state index contributed by atoms with van der Waals surface area (Å²) in [7, 11) is 1.74. The van der Waals surface area contributed by atoms with Crippen molar-refractivity contribution in [2.24, 2.45) is 5.73 Å². The molecule has 2 N–H and O–H groups in total. The first kappa shape index (κ1) is 9.04. The highest BCUT2D eigenvalue weighted by Gasteiger charge is 2.38. The summed E-state index contributed by atoms with van der Waals surface area (Å²) in [6.45, 7) is 0. The number of fused-ring (bicyclic) bond motifs is 3. The number of hydrogen-bond acceptors (Lipinski definition) is 3. The van der Waals surface area contributed by atoms with Gasteiger partial charge in [0.05, 0.1) is 13.3 Å². The number of nitrogens with zero attached hydrogens (tertiary/aromatic N) is 1. The molecule has 2 aliphatic rings. The molecule has 2 aliphatic heterocycles. The number of nitrogens with two attached hydrogens (primary N) is 1. The third-order valence-electron chi connectivity index (χ3n) is 3.59. The first-order valence-electron chi connectivity index (χ1n) is 5.51. The molecule has 0 aromatic heterocycles. The molecule has 3 heteroatoms. The summed E-state index contributed by atoms with van der Waals surface area (Å²) in [6, 6.07) is 6.84. The molecule has 0 radical (unpaired) electrons. The molecule has 0 saturated carbocycles. The highest BCUT2D eigenvalue weighted by Crippen LogP contribution is 2.43. The van der Waals surface area contributed by atoms with Crippen LogP contribution in [-0.4, -0.2) is 19.3 Å². The minimum absolute atomic E-state index is 0.198. The van der Waals surface area contributed by atoms with Crippen molar-refractivity contribution in [1.29, 1.82) is 0 Å². The molecule has 1 aromatic carbocycles. The number of methoxy groups -OCH3 is 1. The van der Waals surface area contributed by atoms with Crippen molar-refractivity contribution < 1.29 is 4.74 Å². The van der Waals surface area contributed by atoms with Crippen molar-refractivity contribution in [3.63, 3.8) is 0 Å². The Morgan fingerprint density at radius 3 is 3.07 bits per heavy atom. The average molecular weight is 204 g/mol. The van der Waals surface area contributed by atoms with Gasteiger partial charge in [-0.2, -0.15) is 0 Å². The van der Waals surface area contributed by atoms with Gasteiger partial charge < -0.3 is 15.4 Å². The topological polar surface area (TPSA) is 38.5 Å². The van der Waals surface area contributed by atoms with Gasteiger partial charge >= 0.3 is 0 Å². The van der Waals surface area contributed by atoms with Crippen LogP contribution in [0.5, 0.6) is 5.75 Å². The highest BCUT2D eigenvalue weighted by molar-refractivity contribution is 5.65. The van der Waals surface area contributed by atoms with E-state index in [0.717, 1.165) is 18.6 Å². The summed E-state index contributed by atoms with van der Waals surface area (Å²) in [6.07, 6.45) is 3.61. The average Bonchev–Trinajstić information content (AvgIpc) is 2.78. The summed E-state index contributed by atoms with van der Waals surface area (Å²) in [5.41, 5.74) is 8.73. The number of rotatable bonds is 1. The normalized spacial score (nSPS) is 27.7. The Balaban J connectivity index is 2.08. The van der Waals surface area contributed by atoms with E-state index in [1.54, 1.807) is 7.11 Å². The van der Waals surface area contributed by atoms with Gasteiger partial charge in [-0.25, -0.2) is 0 Å². The Kier molecular flexibility index (Phi) is 1.89. The van der Waals surface area contributed by atoms with Crippen LogP contribution in [0.1, 0.15) is 18.4 Å². The first-order valence-corrected chi connectivity index (χ1v) is 5.51. The predicted molar refractivity (Wildman–Crippen MR) is 60.2 cm³/mol. The van der Waals surface area contributed by atoms with Crippen LogP contribution in [0.2, 0.25) is 0 Å². The number of ether oxygens (including phenoxy) is 1. The molecule has 3 rings (SSSR count). The standard InChI is InChI=1S/C12H16N2O/c1-15-11-4-2-3-10-9(11)7-8-5-6-12(13)14(8)10/h2-4,8,12H,5-7,13H2,1H3. The van der Waals surface area contributed by atoms with Gasteiger partial charge in [0.2, 0.25) is 0 Å². The Hall–Kier alpha value is -1.22. The van der Waals surface area contributed by atoms with Gasteiger partial charge in [0.25, 0.3) is 0 Å². The van der Waals surface area contributed by atoms with E-state index in [9.17, 15) is 0 Å². The van der Waals surface area contributed by atoms with Crippen molar-refractivity contribution in [2.45, 2.75) is 31.5 Å². The Labute approximate surface area is 89.8 Å². The van der Waals surface area contributed by atoms with E-state index in [1.807, 2.05) is 12.1 Å². The van der Waals surface area contributed by atoms with Crippen LogP contribution < -0.4 is 15.4 Å². The molecule has 15 heavy (non-hydrogen) atoms. The van der Waals surface area contributed by atoms with Crippen LogP contribution >= 0.6 is 0 Å². The maximum atomic E-state index is 6.11. The molecule has 0 amide bonds. The van der Waals surface area contributed by atoms with E-state index < -0.39 is 0 Å². The van der Waals surface area contributed by atoms with Gasteiger partial charge in [0.1, 0.15) is 5.75 Å². The molecular formula is C12H16N2O. The summed E-state index contributed by atoms with van der Waals surface area (Å²) < 4.78 is 5.39. The van der Waals surface area contributed by atoms with Crippen molar-refractivity contribution in [3.05, 3.63) is 23.8 Å². The molecule has 1 aromatic rings. The fourth-order valence-corrected chi connectivity index (χ4v) is 2.92. The third kappa shape index (κ3) is 1.16. The van der Waals surface area contributed by atoms with Gasteiger partial charge in [-0.3, -0.25) is 0 Å². The van der Waals surface area contributed by atoms with Gasteiger partial charge in [-0.15, -0.1) is 0 Å². The van der Waals surface area contributed by atoms with E-state index in [4.69, 9.17) is 10.5 Å².